The summed E-state index contributed by atoms with van der Waals surface area (Å²) in [6, 6.07) is 7.77. The molecule has 0 saturated carbocycles. The predicted molar refractivity (Wildman–Crippen MR) is 92.2 cm³/mol. The van der Waals surface area contributed by atoms with Gasteiger partial charge in [0.2, 0.25) is 0 Å². The van der Waals surface area contributed by atoms with Gasteiger partial charge in [-0.3, -0.25) is 9.36 Å². The van der Waals surface area contributed by atoms with E-state index in [0.29, 0.717) is 5.39 Å². The molecule has 2 aromatic rings. The second-order valence-corrected chi connectivity index (χ2v) is 5.71. The standard InChI is InChI=1S/C18H27N3O/c1-4-7-12-19-15(6-3)17-20-16-11-9-8-10-14(16)18(22)21(17)13-5-2/h8-11,15,19H,4-7,12-13H2,1-3H3. The fraction of sp³-hybridized carbons (Fsp3) is 0.556. The zero-order valence-corrected chi connectivity index (χ0v) is 13.9. The maximum absolute atomic E-state index is 12.8. The summed E-state index contributed by atoms with van der Waals surface area (Å²) >= 11 is 0. The van der Waals surface area contributed by atoms with Crippen LogP contribution in [-0.4, -0.2) is 16.1 Å². The van der Waals surface area contributed by atoms with Gasteiger partial charge in [0.25, 0.3) is 5.56 Å². The second kappa shape index (κ2) is 8.08. The Hall–Kier alpha value is -1.68. The second-order valence-electron chi connectivity index (χ2n) is 5.71. The monoisotopic (exact) mass is 301 g/mol. The van der Waals surface area contributed by atoms with Gasteiger partial charge in [0, 0.05) is 6.54 Å². The minimum Gasteiger partial charge on any atom is -0.307 e. The highest BCUT2D eigenvalue weighted by atomic mass is 16.1. The SMILES string of the molecule is CCCCNC(CC)c1nc2ccccc2c(=O)n1CCC. The minimum absolute atomic E-state index is 0.0817. The molecule has 0 fully saturated rings. The Bertz CT molecular complexity index is 663. The Morgan fingerprint density at radius 1 is 1.18 bits per heavy atom. The molecule has 4 heteroatoms. The van der Waals surface area contributed by atoms with E-state index in [-0.39, 0.29) is 11.6 Å². The molecule has 0 spiro atoms. The van der Waals surface area contributed by atoms with Crippen molar-refractivity contribution in [3.8, 4) is 0 Å². The molecule has 120 valence electrons. The Labute approximate surface area is 132 Å². The summed E-state index contributed by atoms with van der Waals surface area (Å²) < 4.78 is 1.86. The van der Waals surface area contributed by atoms with Gasteiger partial charge in [0.15, 0.2) is 0 Å². The predicted octanol–water partition coefficient (Wildman–Crippen LogP) is 3.65. The largest absolute Gasteiger partial charge is 0.307 e. The lowest BCUT2D eigenvalue weighted by Gasteiger charge is -2.21. The highest BCUT2D eigenvalue weighted by Crippen LogP contribution is 2.17. The van der Waals surface area contributed by atoms with Crippen molar-refractivity contribution in [2.75, 3.05) is 6.54 Å². The van der Waals surface area contributed by atoms with Crippen molar-refractivity contribution in [2.24, 2.45) is 0 Å². The van der Waals surface area contributed by atoms with Crippen molar-refractivity contribution < 1.29 is 0 Å². The molecule has 1 heterocycles. The van der Waals surface area contributed by atoms with Crippen LogP contribution < -0.4 is 10.9 Å². The van der Waals surface area contributed by atoms with E-state index in [2.05, 4.69) is 26.1 Å². The Morgan fingerprint density at radius 3 is 2.64 bits per heavy atom. The van der Waals surface area contributed by atoms with Crippen LogP contribution in [0.2, 0.25) is 0 Å². The molecule has 2 rings (SSSR count). The number of unbranched alkanes of at least 4 members (excludes halogenated alkanes) is 1. The van der Waals surface area contributed by atoms with Crippen molar-refractivity contribution in [3.05, 3.63) is 40.4 Å². The first kappa shape index (κ1) is 16.7. The Morgan fingerprint density at radius 2 is 1.95 bits per heavy atom. The lowest BCUT2D eigenvalue weighted by atomic mass is 10.1. The Kier molecular flexibility index (Phi) is 6.13. The first-order chi connectivity index (χ1) is 10.7. The van der Waals surface area contributed by atoms with Crippen LogP contribution >= 0.6 is 0 Å². The van der Waals surface area contributed by atoms with Crippen LogP contribution in [0.15, 0.2) is 29.1 Å². The van der Waals surface area contributed by atoms with Gasteiger partial charge in [-0.15, -0.1) is 0 Å². The van der Waals surface area contributed by atoms with E-state index >= 15 is 0 Å². The van der Waals surface area contributed by atoms with Gasteiger partial charge in [-0.25, -0.2) is 4.98 Å². The lowest BCUT2D eigenvalue weighted by molar-refractivity contribution is 0.451. The van der Waals surface area contributed by atoms with E-state index < -0.39 is 0 Å². The van der Waals surface area contributed by atoms with Crippen molar-refractivity contribution in [2.45, 2.75) is 59.0 Å². The van der Waals surface area contributed by atoms with Crippen LogP contribution in [-0.2, 0) is 6.54 Å². The summed E-state index contributed by atoms with van der Waals surface area (Å²) in [4.78, 5) is 17.6. The maximum Gasteiger partial charge on any atom is 0.261 e. The summed E-state index contributed by atoms with van der Waals surface area (Å²) in [5.74, 6) is 0.879. The fourth-order valence-corrected chi connectivity index (χ4v) is 2.76. The molecule has 1 aromatic heterocycles. The van der Waals surface area contributed by atoms with Crippen molar-refractivity contribution in [1.82, 2.24) is 14.9 Å². The third-order valence-corrected chi connectivity index (χ3v) is 3.98. The molecule has 0 radical (unpaired) electrons. The summed E-state index contributed by atoms with van der Waals surface area (Å²) in [6.45, 7) is 8.10. The third kappa shape index (κ3) is 3.55. The third-order valence-electron chi connectivity index (χ3n) is 3.98. The number of hydrogen-bond donors (Lipinski definition) is 1. The molecule has 1 aromatic carbocycles. The van der Waals surface area contributed by atoms with Crippen LogP contribution in [0.25, 0.3) is 10.9 Å². The molecule has 0 bridgehead atoms. The zero-order chi connectivity index (χ0) is 15.9. The van der Waals surface area contributed by atoms with Crippen LogP contribution in [0, 0.1) is 0 Å². The number of para-hydroxylation sites is 1. The molecule has 0 aliphatic heterocycles. The van der Waals surface area contributed by atoms with Crippen LogP contribution in [0.3, 0.4) is 0 Å². The molecule has 0 amide bonds. The Balaban J connectivity index is 2.49. The maximum atomic E-state index is 12.8. The van der Waals surface area contributed by atoms with E-state index in [1.807, 2.05) is 28.8 Å². The topological polar surface area (TPSA) is 46.9 Å². The summed E-state index contributed by atoms with van der Waals surface area (Å²) in [7, 11) is 0. The number of aromatic nitrogens is 2. The highest BCUT2D eigenvalue weighted by Gasteiger charge is 2.17. The van der Waals surface area contributed by atoms with E-state index in [4.69, 9.17) is 4.98 Å². The molecule has 0 aliphatic rings. The van der Waals surface area contributed by atoms with Crippen molar-refractivity contribution >= 4 is 10.9 Å². The number of fused-ring (bicyclic) bond motifs is 1. The smallest absolute Gasteiger partial charge is 0.261 e. The quantitative estimate of drug-likeness (QED) is 0.757. The van der Waals surface area contributed by atoms with E-state index in [1.54, 1.807) is 0 Å². The average Bonchev–Trinajstić information content (AvgIpc) is 2.54. The van der Waals surface area contributed by atoms with Gasteiger partial charge in [-0.2, -0.15) is 0 Å². The molecule has 0 saturated heterocycles. The molecule has 1 unspecified atom stereocenters. The van der Waals surface area contributed by atoms with Gasteiger partial charge < -0.3 is 5.32 Å². The molecule has 0 aliphatic carbocycles. The number of hydrogen-bond acceptors (Lipinski definition) is 3. The number of rotatable bonds is 8. The van der Waals surface area contributed by atoms with Crippen LogP contribution in [0.1, 0.15) is 58.3 Å². The number of nitrogens with zero attached hydrogens (tertiary/aromatic N) is 2. The van der Waals surface area contributed by atoms with E-state index in [9.17, 15) is 4.79 Å². The van der Waals surface area contributed by atoms with Crippen molar-refractivity contribution in [3.63, 3.8) is 0 Å². The first-order valence-electron chi connectivity index (χ1n) is 8.45. The molecular formula is C18H27N3O. The molecule has 4 nitrogen and oxygen atoms in total. The molecule has 22 heavy (non-hydrogen) atoms. The normalized spacial score (nSPS) is 12.7. The summed E-state index contributed by atoms with van der Waals surface area (Å²) in [5.41, 5.74) is 0.879. The van der Waals surface area contributed by atoms with Crippen molar-refractivity contribution in [1.29, 1.82) is 0 Å². The van der Waals surface area contributed by atoms with Crippen LogP contribution in [0.5, 0.6) is 0 Å². The van der Waals surface area contributed by atoms with E-state index in [1.165, 1.54) is 0 Å². The molecule has 1 atom stereocenters. The average molecular weight is 301 g/mol. The van der Waals surface area contributed by atoms with E-state index in [0.717, 1.165) is 50.1 Å². The van der Waals surface area contributed by atoms with Gasteiger partial charge in [-0.1, -0.05) is 39.3 Å². The van der Waals surface area contributed by atoms with Crippen LogP contribution in [0.4, 0.5) is 0 Å². The van der Waals surface area contributed by atoms with Gasteiger partial charge in [-0.05, 0) is 37.9 Å². The first-order valence-corrected chi connectivity index (χ1v) is 8.45. The number of nitrogens with one attached hydrogen (secondary N) is 1. The lowest BCUT2D eigenvalue weighted by Crippen LogP contribution is -2.32. The molecule has 1 N–H and O–H groups in total. The van der Waals surface area contributed by atoms with Gasteiger partial charge in [0.05, 0.1) is 16.9 Å². The summed E-state index contributed by atoms with van der Waals surface area (Å²) in [5, 5.41) is 4.27. The molecular weight excluding hydrogens is 274 g/mol. The number of benzene rings is 1. The minimum atomic E-state index is 0.0817. The van der Waals surface area contributed by atoms with Gasteiger partial charge in [0.1, 0.15) is 5.82 Å². The fourth-order valence-electron chi connectivity index (χ4n) is 2.76. The highest BCUT2D eigenvalue weighted by molar-refractivity contribution is 5.77. The summed E-state index contributed by atoms with van der Waals surface area (Å²) in [6.07, 6.45) is 4.16. The van der Waals surface area contributed by atoms with Gasteiger partial charge >= 0.3 is 0 Å². The zero-order valence-electron chi connectivity index (χ0n) is 13.9.